The molecule has 2 N–H and O–H groups in total. The summed E-state index contributed by atoms with van der Waals surface area (Å²) in [5, 5.41) is 4.38. The molecule has 4 aromatic rings. The topological polar surface area (TPSA) is 75.7 Å². The van der Waals surface area contributed by atoms with Crippen molar-refractivity contribution < 1.29 is 17.9 Å². The van der Waals surface area contributed by atoms with Crippen LogP contribution in [0.2, 0.25) is 5.02 Å². The monoisotopic (exact) mass is 433 g/mol. The van der Waals surface area contributed by atoms with Crippen LogP contribution in [-0.4, -0.2) is 26.3 Å². The summed E-state index contributed by atoms with van der Waals surface area (Å²) in [5.41, 5.74) is 2.95. The van der Waals surface area contributed by atoms with Crippen LogP contribution < -0.4 is 10.1 Å². The Bertz CT molecular complexity index is 1160. The highest BCUT2D eigenvalue weighted by Crippen LogP contribution is 2.27. The number of rotatable bonds is 6. The van der Waals surface area contributed by atoms with Crippen molar-refractivity contribution in [2.45, 2.75) is 19.3 Å². The lowest BCUT2D eigenvalue weighted by atomic mass is 10.1. The maximum Gasteiger partial charge on any atom is 0.573 e. The van der Waals surface area contributed by atoms with Gasteiger partial charge in [-0.25, -0.2) is 15.0 Å². The van der Waals surface area contributed by atoms with Gasteiger partial charge >= 0.3 is 6.36 Å². The van der Waals surface area contributed by atoms with E-state index in [9.17, 15) is 13.2 Å². The minimum Gasteiger partial charge on any atom is -0.405 e. The molecule has 0 saturated carbocycles. The van der Waals surface area contributed by atoms with Gasteiger partial charge in [-0.05, 0) is 23.3 Å². The Balaban J connectivity index is 1.43. The number of pyridine rings is 1. The van der Waals surface area contributed by atoms with Crippen molar-refractivity contribution in [2.24, 2.45) is 0 Å². The zero-order chi connectivity index (χ0) is 21.1. The summed E-state index contributed by atoms with van der Waals surface area (Å²) in [7, 11) is 0. The molecule has 0 aliphatic rings. The zero-order valence-electron chi connectivity index (χ0n) is 15.4. The lowest BCUT2D eigenvalue weighted by Gasteiger charge is -2.13. The molecule has 0 bridgehead atoms. The van der Waals surface area contributed by atoms with Gasteiger partial charge < -0.3 is 15.0 Å². The van der Waals surface area contributed by atoms with Crippen molar-refractivity contribution >= 4 is 28.6 Å². The van der Waals surface area contributed by atoms with E-state index in [1.54, 1.807) is 30.7 Å². The van der Waals surface area contributed by atoms with Crippen molar-refractivity contribution in [3.05, 3.63) is 76.8 Å². The molecule has 0 unspecified atom stereocenters. The first kappa shape index (κ1) is 20.0. The van der Waals surface area contributed by atoms with E-state index in [1.807, 2.05) is 12.3 Å². The second-order valence-corrected chi connectivity index (χ2v) is 6.90. The van der Waals surface area contributed by atoms with Gasteiger partial charge in [0.15, 0.2) is 0 Å². The predicted octanol–water partition coefficient (Wildman–Crippen LogP) is 5.11. The summed E-state index contributed by atoms with van der Waals surface area (Å²) in [5.74, 6) is 0.0323. The lowest BCUT2D eigenvalue weighted by Crippen LogP contribution is -2.18. The van der Waals surface area contributed by atoms with Gasteiger partial charge in [-0.1, -0.05) is 29.8 Å². The number of benzene rings is 1. The van der Waals surface area contributed by atoms with Gasteiger partial charge in [0.25, 0.3) is 0 Å². The standard InChI is InChI=1S/C20H15ClF3N5O/c21-15-6-16-14(10-25-18(16)26-11-15)5-12-7-27-19(28-8-12)29-9-13-3-1-2-4-17(13)30-20(22,23)24/h1-4,6-8,10-11H,5,9H2,(H,25,26)(H,27,28,29). The number of halogens is 4. The number of alkyl halides is 3. The van der Waals surface area contributed by atoms with Gasteiger partial charge in [0.05, 0.1) is 5.02 Å². The molecule has 10 heteroatoms. The summed E-state index contributed by atoms with van der Waals surface area (Å²) in [6.45, 7) is 0.0816. The van der Waals surface area contributed by atoms with Gasteiger partial charge in [-0.2, -0.15) is 0 Å². The van der Waals surface area contributed by atoms with E-state index in [2.05, 4.69) is 30.0 Å². The third-order valence-electron chi connectivity index (χ3n) is 4.32. The highest BCUT2D eigenvalue weighted by Gasteiger charge is 2.31. The van der Waals surface area contributed by atoms with Crippen LogP contribution >= 0.6 is 11.6 Å². The number of nitrogens with zero attached hydrogens (tertiary/aromatic N) is 3. The average molecular weight is 434 g/mol. The molecule has 0 spiro atoms. The minimum absolute atomic E-state index is 0.0816. The number of fused-ring (bicyclic) bond motifs is 1. The van der Waals surface area contributed by atoms with Crippen molar-refractivity contribution in [3.63, 3.8) is 0 Å². The Morgan fingerprint density at radius 3 is 2.57 bits per heavy atom. The van der Waals surface area contributed by atoms with E-state index in [4.69, 9.17) is 11.6 Å². The number of hydrogen-bond acceptors (Lipinski definition) is 5. The van der Waals surface area contributed by atoms with Gasteiger partial charge in [0.2, 0.25) is 5.95 Å². The van der Waals surface area contributed by atoms with Crippen LogP contribution in [0.25, 0.3) is 11.0 Å². The molecule has 0 amide bonds. The predicted molar refractivity (Wildman–Crippen MR) is 106 cm³/mol. The molecule has 1 aromatic carbocycles. The molecule has 0 saturated heterocycles. The van der Waals surface area contributed by atoms with Crippen LogP contribution in [-0.2, 0) is 13.0 Å². The van der Waals surface area contributed by atoms with Crippen molar-refractivity contribution in [3.8, 4) is 5.75 Å². The Morgan fingerprint density at radius 1 is 1.03 bits per heavy atom. The summed E-state index contributed by atoms with van der Waals surface area (Å²) < 4.78 is 41.6. The molecule has 6 nitrogen and oxygen atoms in total. The molecule has 30 heavy (non-hydrogen) atoms. The largest absolute Gasteiger partial charge is 0.573 e. The van der Waals surface area contributed by atoms with E-state index in [-0.39, 0.29) is 12.3 Å². The highest BCUT2D eigenvalue weighted by molar-refractivity contribution is 6.31. The van der Waals surface area contributed by atoms with E-state index >= 15 is 0 Å². The van der Waals surface area contributed by atoms with E-state index in [1.165, 1.54) is 12.1 Å². The molecule has 154 valence electrons. The second kappa shape index (κ2) is 8.19. The summed E-state index contributed by atoms with van der Waals surface area (Å²) in [6.07, 6.45) is 2.57. The first-order chi connectivity index (χ1) is 14.4. The van der Waals surface area contributed by atoms with Crippen molar-refractivity contribution in [1.29, 1.82) is 0 Å². The minimum atomic E-state index is -4.75. The van der Waals surface area contributed by atoms with Gasteiger partial charge in [0, 0.05) is 48.7 Å². The van der Waals surface area contributed by atoms with Crippen LogP contribution in [0.5, 0.6) is 5.75 Å². The number of ether oxygens (including phenoxy) is 1. The summed E-state index contributed by atoms with van der Waals surface area (Å²) >= 11 is 6.02. The van der Waals surface area contributed by atoms with Crippen LogP contribution in [0.4, 0.5) is 19.1 Å². The number of para-hydroxylation sites is 1. The molecular formula is C20H15ClF3N5O. The fourth-order valence-electron chi connectivity index (χ4n) is 2.98. The second-order valence-electron chi connectivity index (χ2n) is 6.46. The van der Waals surface area contributed by atoms with Crippen molar-refractivity contribution in [1.82, 2.24) is 19.9 Å². The molecule has 0 aliphatic heterocycles. The van der Waals surface area contributed by atoms with Crippen LogP contribution in [0, 0.1) is 0 Å². The maximum atomic E-state index is 12.5. The third-order valence-corrected chi connectivity index (χ3v) is 4.53. The van der Waals surface area contributed by atoms with Gasteiger partial charge in [-0.15, -0.1) is 13.2 Å². The van der Waals surface area contributed by atoms with Crippen LogP contribution in [0.3, 0.4) is 0 Å². The molecule has 4 rings (SSSR count). The number of nitrogens with one attached hydrogen (secondary N) is 2. The van der Waals surface area contributed by atoms with Gasteiger partial charge in [-0.3, -0.25) is 0 Å². The molecule has 0 radical (unpaired) electrons. The molecule has 0 fully saturated rings. The summed E-state index contributed by atoms with van der Waals surface area (Å²) in [4.78, 5) is 15.8. The number of H-pyrrole nitrogens is 1. The Labute approximate surface area is 174 Å². The molecule has 0 aliphatic carbocycles. The Morgan fingerprint density at radius 2 is 1.80 bits per heavy atom. The number of aromatic nitrogens is 4. The van der Waals surface area contributed by atoms with E-state index in [0.717, 1.165) is 22.2 Å². The van der Waals surface area contributed by atoms with Gasteiger partial charge in [0.1, 0.15) is 11.4 Å². The fourth-order valence-corrected chi connectivity index (χ4v) is 3.14. The normalized spacial score (nSPS) is 11.6. The highest BCUT2D eigenvalue weighted by atomic mass is 35.5. The average Bonchev–Trinajstić information content (AvgIpc) is 3.09. The number of anilines is 1. The molecule has 3 heterocycles. The summed E-state index contributed by atoms with van der Waals surface area (Å²) in [6, 6.07) is 7.75. The maximum absolute atomic E-state index is 12.5. The number of hydrogen-bond donors (Lipinski definition) is 2. The smallest absolute Gasteiger partial charge is 0.405 e. The molecule has 3 aromatic heterocycles. The van der Waals surface area contributed by atoms with E-state index < -0.39 is 6.36 Å². The van der Waals surface area contributed by atoms with Crippen LogP contribution in [0.15, 0.2) is 55.1 Å². The lowest BCUT2D eigenvalue weighted by molar-refractivity contribution is -0.274. The van der Waals surface area contributed by atoms with E-state index in [0.29, 0.717) is 23.0 Å². The van der Waals surface area contributed by atoms with Crippen LogP contribution in [0.1, 0.15) is 16.7 Å². The Kier molecular flexibility index (Phi) is 5.45. The first-order valence-corrected chi connectivity index (χ1v) is 9.25. The third kappa shape index (κ3) is 4.80. The number of aromatic amines is 1. The quantitative estimate of drug-likeness (QED) is 0.442. The SMILES string of the molecule is FC(F)(F)Oc1ccccc1CNc1ncc(Cc2c[nH]c3ncc(Cl)cc23)cn1. The zero-order valence-corrected chi connectivity index (χ0v) is 16.1. The fraction of sp³-hybridized carbons (Fsp3) is 0.150. The molecular weight excluding hydrogens is 419 g/mol. The van der Waals surface area contributed by atoms with Crippen molar-refractivity contribution in [2.75, 3.05) is 5.32 Å². The molecule has 0 atom stereocenters. The first-order valence-electron chi connectivity index (χ1n) is 8.87. The Hall–Kier alpha value is -3.33.